The number of carbonyl (C=O) groups is 4. The molecule has 1 heterocycles. The third-order valence-electron chi connectivity index (χ3n) is 9.10. The first-order valence-corrected chi connectivity index (χ1v) is 18.6. The number of carbonyl (C=O) groups excluding carboxylic acids is 4. The minimum atomic E-state index is -4.29. The zero-order chi connectivity index (χ0) is 36.5. The maximum Gasteiger partial charge on any atom is 0.264 e. The van der Waals surface area contributed by atoms with Crippen molar-refractivity contribution >= 4 is 45.6 Å². The number of hydroxylamine groups is 1. The van der Waals surface area contributed by atoms with E-state index < -0.39 is 45.6 Å². The van der Waals surface area contributed by atoms with Gasteiger partial charge in [0.05, 0.1) is 4.90 Å². The van der Waals surface area contributed by atoms with Crippen LogP contribution >= 0.6 is 11.6 Å². The van der Waals surface area contributed by atoms with Gasteiger partial charge < -0.3 is 9.88 Å². The average Bonchev–Trinajstić information content (AvgIpc) is 3.73. The minimum Gasteiger partial charge on any atom is -0.353 e. The molecule has 0 saturated heterocycles. The average molecular weight is 734 g/mol. The van der Waals surface area contributed by atoms with E-state index in [2.05, 4.69) is 21.9 Å². The smallest absolute Gasteiger partial charge is 0.264 e. The molecule has 4 N–H and O–H groups in total. The first kappa shape index (κ1) is 37.4. The van der Waals surface area contributed by atoms with E-state index in [0.717, 1.165) is 29.8 Å². The van der Waals surface area contributed by atoms with Crippen molar-refractivity contribution in [3.63, 3.8) is 0 Å². The minimum absolute atomic E-state index is 0.0661. The Hall–Kier alpha value is -4.85. The molecule has 12 nitrogen and oxygen atoms in total. The summed E-state index contributed by atoms with van der Waals surface area (Å²) in [5, 5.41) is 12.2. The quantitative estimate of drug-likeness (QED) is 0.0580. The second kappa shape index (κ2) is 16.9. The molecule has 0 bridgehead atoms. The molecule has 1 aromatic heterocycles. The number of aryl methyl sites for hydroxylation is 1. The van der Waals surface area contributed by atoms with E-state index in [-0.39, 0.29) is 22.9 Å². The highest BCUT2D eigenvalue weighted by Crippen LogP contribution is 2.30. The van der Waals surface area contributed by atoms with E-state index in [9.17, 15) is 32.8 Å². The van der Waals surface area contributed by atoms with E-state index >= 15 is 0 Å². The van der Waals surface area contributed by atoms with Gasteiger partial charge in [0, 0.05) is 30.5 Å². The van der Waals surface area contributed by atoms with Crippen LogP contribution in [0.4, 0.5) is 0 Å². The molecule has 3 aromatic carbocycles. The van der Waals surface area contributed by atoms with Crippen molar-refractivity contribution in [3.8, 4) is 11.1 Å². The summed E-state index contributed by atoms with van der Waals surface area (Å²) in [6.45, 7) is 2.42. The molecule has 14 heteroatoms. The van der Waals surface area contributed by atoms with Gasteiger partial charge in [0.25, 0.3) is 15.9 Å². The van der Waals surface area contributed by atoms with Crippen LogP contribution in [0.3, 0.4) is 0 Å². The zero-order valence-corrected chi connectivity index (χ0v) is 29.6. The number of aromatic nitrogens is 2. The van der Waals surface area contributed by atoms with Crippen molar-refractivity contribution in [2.24, 2.45) is 11.8 Å². The van der Waals surface area contributed by atoms with Crippen molar-refractivity contribution in [1.82, 2.24) is 25.1 Å². The summed E-state index contributed by atoms with van der Waals surface area (Å²) in [4.78, 5) is 54.7. The molecule has 4 aromatic rings. The number of imidazole rings is 1. The van der Waals surface area contributed by atoms with E-state index in [1.807, 2.05) is 18.2 Å². The van der Waals surface area contributed by atoms with Crippen LogP contribution in [0.5, 0.6) is 0 Å². The maximum absolute atomic E-state index is 13.6. The lowest BCUT2D eigenvalue weighted by molar-refractivity contribution is -0.141. The molecular formula is C37H40ClN5O7S. The fourth-order valence-corrected chi connectivity index (χ4v) is 7.88. The standard InChI is InChI=1S/C37H40ClN5O7S/c1-2-3-13-33-40-34(38)31(23-44)43(33)22-25-14-16-26(17-15-25)29-11-7-8-12-32(29)51(49,50)42-35(45)27-18-19-28(21-27)39-36(46)30(37(47)41-48)20-24-9-5-4-6-10-24/h4-12,14-17,23,27-28,30,48H,2-3,13,18-22H2,1H3,(H,39,46)(H,41,47)(H,42,45)/t27-,28+,30?/m0/s1. The van der Waals surface area contributed by atoms with Gasteiger partial charge in [0.15, 0.2) is 11.4 Å². The SMILES string of the molecule is CCCCc1nc(Cl)c(C=O)n1Cc1ccc(-c2ccccc2S(=O)(=O)NC(=O)[C@H]2CC[C@@H](NC(=O)C(Cc3ccccc3)C(=O)NO)C2)cc1. The van der Waals surface area contributed by atoms with Gasteiger partial charge in [-0.1, -0.05) is 97.7 Å². The molecule has 3 amide bonds. The number of aldehydes is 1. The van der Waals surface area contributed by atoms with Crippen LogP contribution in [0.2, 0.25) is 5.15 Å². The molecule has 0 radical (unpaired) electrons. The highest BCUT2D eigenvalue weighted by molar-refractivity contribution is 7.90. The Morgan fingerprint density at radius 1 is 0.980 bits per heavy atom. The summed E-state index contributed by atoms with van der Waals surface area (Å²) in [6, 6.07) is 22.0. The summed E-state index contributed by atoms with van der Waals surface area (Å²) in [7, 11) is -4.29. The fourth-order valence-electron chi connectivity index (χ4n) is 6.36. The number of rotatable bonds is 15. The van der Waals surface area contributed by atoms with Crippen molar-refractivity contribution in [3.05, 3.63) is 107 Å². The van der Waals surface area contributed by atoms with Gasteiger partial charge in [-0.15, -0.1) is 0 Å². The molecule has 1 saturated carbocycles. The number of halogens is 1. The van der Waals surface area contributed by atoms with Crippen LogP contribution in [-0.4, -0.2) is 53.2 Å². The third kappa shape index (κ3) is 9.09. The number of sulfonamides is 1. The van der Waals surface area contributed by atoms with Crippen molar-refractivity contribution in [1.29, 1.82) is 0 Å². The largest absolute Gasteiger partial charge is 0.353 e. The van der Waals surface area contributed by atoms with Gasteiger partial charge in [-0.05, 0) is 54.9 Å². The van der Waals surface area contributed by atoms with Gasteiger partial charge in [0.1, 0.15) is 17.4 Å². The highest BCUT2D eigenvalue weighted by Gasteiger charge is 2.36. The summed E-state index contributed by atoms with van der Waals surface area (Å²) >= 11 is 6.23. The molecule has 1 aliphatic carbocycles. The van der Waals surface area contributed by atoms with E-state index in [4.69, 9.17) is 11.6 Å². The van der Waals surface area contributed by atoms with Crippen LogP contribution in [0.25, 0.3) is 11.1 Å². The van der Waals surface area contributed by atoms with Gasteiger partial charge in [-0.25, -0.2) is 23.6 Å². The van der Waals surface area contributed by atoms with Gasteiger partial charge in [-0.2, -0.15) is 0 Å². The van der Waals surface area contributed by atoms with Crippen molar-refractivity contribution < 1.29 is 32.8 Å². The Balaban J connectivity index is 1.24. The number of amides is 3. The number of hydrogen-bond acceptors (Lipinski definition) is 8. The van der Waals surface area contributed by atoms with Crippen LogP contribution in [0.15, 0.2) is 83.8 Å². The summed E-state index contributed by atoms with van der Waals surface area (Å²) in [5.74, 6) is -3.30. The van der Waals surface area contributed by atoms with Gasteiger partial charge >= 0.3 is 0 Å². The molecule has 0 spiro atoms. The maximum atomic E-state index is 13.6. The lowest BCUT2D eigenvalue weighted by Gasteiger charge is -2.19. The summed E-state index contributed by atoms with van der Waals surface area (Å²) in [6.07, 6.45) is 4.21. The van der Waals surface area contributed by atoms with Crippen molar-refractivity contribution in [2.75, 3.05) is 0 Å². The van der Waals surface area contributed by atoms with Crippen LogP contribution in [0, 0.1) is 11.8 Å². The fraction of sp³-hybridized carbons (Fsp3) is 0.324. The van der Waals surface area contributed by atoms with Gasteiger partial charge in [0.2, 0.25) is 11.8 Å². The third-order valence-corrected chi connectivity index (χ3v) is 10.8. The summed E-state index contributed by atoms with van der Waals surface area (Å²) in [5.41, 5.74) is 4.45. The molecule has 5 rings (SSSR count). The van der Waals surface area contributed by atoms with Crippen molar-refractivity contribution in [2.45, 2.75) is 69.4 Å². The predicted molar refractivity (Wildman–Crippen MR) is 190 cm³/mol. The first-order valence-electron chi connectivity index (χ1n) is 16.8. The lowest BCUT2D eigenvalue weighted by Crippen LogP contribution is -2.45. The normalized spacial score (nSPS) is 16.3. The monoisotopic (exact) mass is 733 g/mol. The van der Waals surface area contributed by atoms with Crippen LogP contribution in [0.1, 0.15) is 66.5 Å². The van der Waals surface area contributed by atoms with E-state index in [1.54, 1.807) is 64.6 Å². The molecule has 1 fully saturated rings. The molecule has 0 aliphatic heterocycles. The van der Waals surface area contributed by atoms with Crippen LogP contribution < -0.4 is 15.5 Å². The Labute approximate surface area is 301 Å². The molecular weight excluding hydrogens is 694 g/mol. The second-order valence-electron chi connectivity index (χ2n) is 12.6. The predicted octanol–water partition coefficient (Wildman–Crippen LogP) is 4.86. The first-order chi connectivity index (χ1) is 24.5. The molecule has 1 aliphatic rings. The zero-order valence-electron chi connectivity index (χ0n) is 28.0. The molecule has 3 atom stereocenters. The van der Waals surface area contributed by atoms with Gasteiger partial charge in [-0.3, -0.25) is 24.4 Å². The molecule has 51 heavy (non-hydrogen) atoms. The Morgan fingerprint density at radius 2 is 1.69 bits per heavy atom. The van der Waals surface area contributed by atoms with Crippen LogP contribution in [-0.2, 0) is 43.8 Å². The van der Waals surface area contributed by atoms with E-state index in [0.29, 0.717) is 48.9 Å². The summed E-state index contributed by atoms with van der Waals surface area (Å²) < 4.78 is 31.2. The number of benzene rings is 3. The molecule has 1 unspecified atom stereocenters. The Kier molecular flexibility index (Phi) is 12.4. The lowest BCUT2D eigenvalue weighted by atomic mass is 9.97. The number of unbranched alkanes of at least 4 members (excludes halogenated alkanes) is 1. The second-order valence-corrected chi connectivity index (χ2v) is 14.6. The number of nitrogens with zero attached hydrogens (tertiary/aromatic N) is 2. The van der Waals surface area contributed by atoms with E-state index in [1.165, 1.54) is 6.07 Å². The topological polar surface area (TPSA) is 177 Å². The number of nitrogens with one attached hydrogen (secondary N) is 3. The Bertz CT molecular complexity index is 1980. The molecule has 268 valence electrons. The Morgan fingerprint density at radius 3 is 2.37 bits per heavy atom. The number of hydrogen-bond donors (Lipinski definition) is 4. The highest BCUT2D eigenvalue weighted by atomic mass is 35.5.